The van der Waals surface area contributed by atoms with Gasteiger partial charge in [-0.2, -0.15) is 0 Å². The van der Waals surface area contributed by atoms with Crippen molar-refractivity contribution in [1.82, 2.24) is 0 Å². The van der Waals surface area contributed by atoms with Gasteiger partial charge in [-0.25, -0.2) is 0 Å². The first-order chi connectivity index (χ1) is 8.41. The lowest BCUT2D eigenvalue weighted by Gasteiger charge is -2.18. The Hall–Kier alpha value is -1.90. The van der Waals surface area contributed by atoms with Gasteiger partial charge in [-0.15, -0.1) is 0 Å². The Morgan fingerprint density at radius 2 is 1.67 bits per heavy atom. The summed E-state index contributed by atoms with van der Waals surface area (Å²) in [5.74, 6) is -0.460. The van der Waals surface area contributed by atoms with Crippen LogP contribution in [0, 0.1) is 6.92 Å². The van der Waals surface area contributed by atoms with E-state index in [4.69, 9.17) is 0 Å². The lowest BCUT2D eigenvalue weighted by Crippen LogP contribution is -2.34. The molecule has 0 heterocycles. The highest BCUT2D eigenvalue weighted by Crippen LogP contribution is 2.17. The first kappa shape index (κ1) is 14.2. The average Bonchev–Trinajstić information content (AvgIpc) is 2.29. The second-order valence-electron chi connectivity index (χ2n) is 4.57. The maximum Gasteiger partial charge on any atom is 0.237 e. The van der Waals surface area contributed by atoms with Crippen LogP contribution in [0.5, 0.6) is 0 Å². The topological polar surface area (TPSA) is 37.4 Å². The van der Waals surface area contributed by atoms with Crippen molar-refractivity contribution >= 4 is 17.5 Å². The van der Waals surface area contributed by atoms with Gasteiger partial charge in [-0.3, -0.25) is 14.5 Å². The summed E-state index contributed by atoms with van der Waals surface area (Å²) in [5, 5.41) is 0. The molecule has 0 aliphatic carbocycles. The maximum atomic E-state index is 12.0. The van der Waals surface area contributed by atoms with Crippen LogP contribution in [0.1, 0.15) is 32.8 Å². The lowest BCUT2D eigenvalue weighted by molar-refractivity contribution is -0.124. The van der Waals surface area contributed by atoms with Crippen LogP contribution >= 0.6 is 0 Å². The molecule has 1 aromatic rings. The van der Waals surface area contributed by atoms with Gasteiger partial charge in [0, 0.05) is 13.3 Å². The summed E-state index contributed by atoms with van der Waals surface area (Å²) in [6, 6.07) is 7.35. The third-order valence-corrected chi connectivity index (χ3v) is 2.54. The molecule has 2 amide bonds. The third-order valence-electron chi connectivity index (χ3n) is 2.54. The first-order valence-corrected chi connectivity index (χ1v) is 5.95. The maximum absolute atomic E-state index is 12.0. The second-order valence-corrected chi connectivity index (χ2v) is 4.57. The van der Waals surface area contributed by atoms with Gasteiger partial charge < -0.3 is 0 Å². The Bertz CT molecular complexity index is 468. The SMILES string of the molecule is CC(=O)N(C(=O)CC=C(C)C)c1ccc(C)cc1. The molecule has 0 aliphatic rings. The van der Waals surface area contributed by atoms with Crippen molar-refractivity contribution < 1.29 is 9.59 Å². The van der Waals surface area contributed by atoms with Gasteiger partial charge in [0.1, 0.15) is 0 Å². The molecule has 0 atom stereocenters. The average molecular weight is 245 g/mol. The summed E-state index contributed by atoms with van der Waals surface area (Å²) in [6.07, 6.45) is 2.07. The number of amides is 2. The highest BCUT2D eigenvalue weighted by Gasteiger charge is 2.18. The Morgan fingerprint density at radius 1 is 1.11 bits per heavy atom. The van der Waals surface area contributed by atoms with Crippen LogP contribution in [0.15, 0.2) is 35.9 Å². The fraction of sp³-hybridized carbons (Fsp3) is 0.333. The molecule has 0 N–H and O–H groups in total. The van der Waals surface area contributed by atoms with E-state index in [-0.39, 0.29) is 18.2 Å². The lowest BCUT2D eigenvalue weighted by atomic mass is 10.2. The van der Waals surface area contributed by atoms with Gasteiger partial charge in [0.15, 0.2) is 0 Å². The molecule has 1 rings (SSSR count). The zero-order valence-corrected chi connectivity index (χ0v) is 11.4. The number of allylic oxidation sites excluding steroid dienone is 1. The Kier molecular flexibility index (Phi) is 4.84. The fourth-order valence-corrected chi connectivity index (χ4v) is 1.58. The fourth-order valence-electron chi connectivity index (χ4n) is 1.58. The van der Waals surface area contributed by atoms with Crippen LogP contribution in [-0.2, 0) is 9.59 Å². The largest absolute Gasteiger partial charge is 0.274 e. The molecular weight excluding hydrogens is 226 g/mol. The molecule has 3 heteroatoms. The summed E-state index contributed by atoms with van der Waals surface area (Å²) in [5.41, 5.74) is 2.79. The van der Waals surface area contributed by atoms with E-state index in [1.165, 1.54) is 11.8 Å². The van der Waals surface area contributed by atoms with E-state index in [9.17, 15) is 9.59 Å². The highest BCUT2D eigenvalue weighted by molar-refractivity contribution is 6.14. The van der Waals surface area contributed by atoms with Crippen molar-refractivity contribution in [3.8, 4) is 0 Å². The Labute approximate surface area is 108 Å². The Morgan fingerprint density at radius 3 is 2.11 bits per heavy atom. The molecule has 0 fully saturated rings. The van der Waals surface area contributed by atoms with Gasteiger partial charge in [-0.1, -0.05) is 29.3 Å². The number of aryl methyl sites for hydroxylation is 1. The molecule has 0 saturated carbocycles. The van der Waals surface area contributed by atoms with Gasteiger partial charge >= 0.3 is 0 Å². The minimum Gasteiger partial charge on any atom is -0.274 e. The predicted molar refractivity (Wildman–Crippen MR) is 73.4 cm³/mol. The molecule has 18 heavy (non-hydrogen) atoms. The third kappa shape index (κ3) is 3.84. The van der Waals surface area contributed by atoms with Crippen LogP contribution < -0.4 is 4.90 Å². The molecule has 96 valence electrons. The number of benzene rings is 1. The smallest absolute Gasteiger partial charge is 0.237 e. The van der Waals surface area contributed by atoms with Crippen molar-refractivity contribution in [3.63, 3.8) is 0 Å². The molecular formula is C15H19NO2. The van der Waals surface area contributed by atoms with Gasteiger partial charge in [0.05, 0.1) is 5.69 Å². The first-order valence-electron chi connectivity index (χ1n) is 5.95. The quantitative estimate of drug-likeness (QED) is 0.767. The van der Waals surface area contributed by atoms with E-state index >= 15 is 0 Å². The van der Waals surface area contributed by atoms with E-state index in [0.29, 0.717) is 5.69 Å². The van der Waals surface area contributed by atoms with Crippen molar-refractivity contribution in [2.75, 3.05) is 4.90 Å². The molecule has 3 nitrogen and oxygen atoms in total. The normalized spacial score (nSPS) is 9.78. The number of imide groups is 1. The minimum absolute atomic E-state index is 0.201. The predicted octanol–water partition coefficient (Wildman–Crippen LogP) is 3.23. The standard InChI is InChI=1S/C15H19NO2/c1-11(2)5-10-15(18)16(13(4)17)14-8-6-12(3)7-9-14/h5-9H,10H2,1-4H3. The summed E-state index contributed by atoms with van der Waals surface area (Å²) < 4.78 is 0. The van der Waals surface area contributed by atoms with E-state index in [0.717, 1.165) is 11.1 Å². The zero-order chi connectivity index (χ0) is 13.7. The van der Waals surface area contributed by atoms with Crippen LogP contribution in [0.4, 0.5) is 5.69 Å². The molecule has 0 bridgehead atoms. The van der Waals surface area contributed by atoms with E-state index in [2.05, 4.69) is 0 Å². The molecule has 0 aromatic heterocycles. The van der Waals surface area contributed by atoms with Crippen LogP contribution in [-0.4, -0.2) is 11.8 Å². The molecule has 0 saturated heterocycles. The van der Waals surface area contributed by atoms with E-state index in [1.54, 1.807) is 12.1 Å². The second kappa shape index (κ2) is 6.15. The number of carbonyl (C=O) groups excluding carboxylic acids is 2. The van der Waals surface area contributed by atoms with Gasteiger partial charge in [0.2, 0.25) is 11.8 Å². The zero-order valence-electron chi connectivity index (χ0n) is 11.4. The van der Waals surface area contributed by atoms with Gasteiger partial charge in [-0.05, 0) is 32.9 Å². The summed E-state index contributed by atoms with van der Waals surface area (Å²) in [7, 11) is 0. The van der Waals surface area contributed by atoms with Crippen molar-refractivity contribution in [3.05, 3.63) is 41.5 Å². The van der Waals surface area contributed by atoms with E-state index < -0.39 is 0 Å². The number of carbonyl (C=O) groups is 2. The highest BCUT2D eigenvalue weighted by atomic mass is 16.2. The minimum atomic E-state index is -0.258. The number of anilines is 1. The van der Waals surface area contributed by atoms with E-state index in [1.807, 2.05) is 39.0 Å². The number of nitrogens with zero attached hydrogens (tertiary/aromatic N) is 1. The summed E-state index contributed by atoms with van der Waals surface area (Å²) in [4.78, 5) is 24.9. The summed E-state index contributed by atoms with van der Waals surface area (Å²) in [6.45, 7) is 7.22. The molecule has 0 radical (unpaired) electrons. The number of hydrogen-bond acceptors (Lipinski definition) is 2. The van der Waals surface area contributed by atoms with Crippen molar-refractivity contribution in [2.45, 2.75) is 34.1 Å². The Balaban J connectivity index is 2.96. The molecule has 0 unspecified atom stereocenters. The van der Waals surface area contributed by atoms with Crippen LogP contribution in [0.2, 0.25) is 0 Å². The molecule has 0 spiro atoms. The summed E-state index contributed by atoms with van der Waals surface area (Å²) >= 11 is 0. The number of hydrogen-bond donors (Lipinski definition) is 0. The van der Waals surface area contributed by atoms with Crippen molar-refractivity contribution in [1.29, 1.82) is 0 Å². The van der Waals surface area contributed by atoms with Gasteiger partial charge in [0.25, 0.3) is 0 Å². The molecule has 0 aliphatic heterocycles. The van der Waals surface area contributed by atoms with Crippen LogP contribution in [0.25, 0.3) is 0 Å². The van der Waals surface area contributed by atoms with Crippen LogP contribution in [0.3, 0.4) is 0 Å². The molecule has 1 aromatic carbocycles. The number of rotatable bonds is 3. The monoisotopic (exact) mass is 245 g/mol. The van der Waals surface area contributed by atoms with Crippen molar-refractivity contribution in [2.24, 2.45) is 0 Å².